The molecule has 0 bridgehead atoms. The number of thiazole rings is 1. The predicted molar refractivity (Wildman–Crippen MR) is 83.5 cm³/mol. The molecule has 0 radical (unpaired) electrons. The van der Waals surface area contributed by atoms with Gasteiger partial charge in [0, 0.05) is 31.1 Å². The Morgan fingerprint density at radius 1 is 1.35 bits per heavy atom. The van der Waals surface area contributed by atoms with Crippen molar-refractivity contribution in [3.05, 3.63) is 41.2 Å². The summed E-state index contributed by atoms with van der Waals surface area (Å²) in [5.41, 5.74) is 1.19. The van der Waals surface area contributed by atoms with Crippen LogP contribution in [0.5, 0.6) is 11.5 Å². The Kier molecular flexibility index (Phi) is 3.30. The Labute approximate surface area is 134 Å². The van der Waals surface area contributed by atoms with Crippen LogP contribution in [0.15, 0.2) is 35.7 Å². The molecule has 0 fully saturated rings. The largest absolute Gasteiger partial charge is 0.454 e. The first-order chi connectivity index (χ1) is 11.3. The first kappa shape index (κ1) is 13.9. The summed E-state index contributed by atoms with van der Waals surface area (Å²) >= 11 is 1.43. The molecule has 0 unspecified atom stereocenters. The van der Waals surface area contributed by atoms with Gasteiger partial charge in [0.2, 0.25) is 6.79 Å². The first-order valence-corrected chi connectivity index (χ1v) is 7.86. The van der Waals surface area contributed by atoms with Crippen LogP contribution in [-0.4, -0.2) is 27.2 Å². The number of benzene rings is 1. The van der Waals surface area contributed by atoms with Crippen molar-refractivity contribution in [2.45, 2.75) is 13.5 Å². The lowest BCUT2D eigenvalue weighted by Gasteiger charge is -2.01. The number of carbonyl (C=O) groups excluding carboxylic acids is 1. The second-order valence-corrected chi connectivity index (χ2v) is 5.82. The van der Waals surface area contributed by atoms with Gasteiger partial charge < -0.3 is 14.0 Å². The molecule has 23 heavy (non-hydrogen) atoms. The molecule has 0 saturated carbocycles. The number of carbonyl (C=O) groups is 1. The Balaban J connectivity index is 1.87. The van der Waals surface area contributed by atoms with Crippen LogP contribution >= 0.6 is 11.3 Å². The van der Waals surface area contributed by atoms with Gasteiger partial charge in [-0.25, -0.2) is 4.98 Å². The fraction of sp³-hybridized carbons (Fsp3) is 0.200. The number of fused-ring (bicyclic) bond motifs is 2. The maximum Gasteiger partial charge on any atom is 0.299 e. The molecule has 116 valence electrons. The summed E-state index contributed by atoms with van der Waals surface area (Å²) in [6.45, 7) is 2.93. The minimum atomic E-state index is -0.410. The maximum atomic E-state index is 12.2. The highest BCUT2D eigenvalue weighted by Gasteiger charge is 2.17. The summed E-state index contributed by atoms with van der Waals surface area (Å²) in [6.07, 6.45) is 4.40. The predicted octanol–water partition coefficient (Wildman–Crippen LogP) is 1.98. The van der Waals surface area contributed by atoms with E-state index in [-0.39, 0.29) is 12.5 Å². The van der Waals surface area contributed by atoms with Crippen molar-refractivity contribution in [3.63, 3.8) is 0 Å². The third-order valence-corrected chi connectivity index (χ3v) is 4.51. The SMILES string of the molecule is CCn1c(=NC(=O)c2cnccn2)sc2cc3c(cc21)OCO3. The second-order valence-electron chi connectivity index (χ2n) is 4.81. The summed E-state index contributed by atoms with van der Waals surface area (Å²) in [5.74, 6) is 1.02. The molecule has 0 aliphatic carbocycles. The molecule has 4 rings (SSSR count). The van der Waals surface area contributed by atoms with Crippen LogP contribution < -0.4 is 14.3 Å². The highest BCUT2D eigenvalue weighted by Crippen LogP contribution is 2.36. The third kappa shape index (κ3) is 2.36. The van der Waals surface area contributed by atoms with Crippen LogP contribution in [0.1, 0.15) is 17.4 Å². The number of aromatic nitrogens is 3. The molecule has 3 aromatic rings. The van der Waals surface area contributed by atoms with Gasteiger partial charge in [-0.2, -0.15) is 4.99 Å². The Hall–Kier alpha value is -2.74. The van der Waals surface area contributed by atoms with E-state index in [2.05, 4.69) is 15.0 Å². The minimum Gasteiger partial charge on any atom is -0.454 e. The first-order valence-electron chi connectivity index (χ1n) is 7.04. The molecular formula is C15H12N4O3S. The number of nitrogens with zero attached hydrogens (tertiary/aromatic N) is 4. The fourth-order valence-corrected chi connectivity index (χ4v) is 3.51. The number of rotatable bonds is 2. The number of hydrogen-bond acceptors (Lipinski definition) is 6. The van der Waals surface area contributed by atoms with Crippen LogP contribution in [-0.2, 0) is 6.54 Å². The van der Waals surface area contributed by atoms with Crippen molar-refractivity contribution in [2.75, 3.05) is 6.79 Å². The van der Waals surface area contributed by atoms with Crippen molar-refractivity contribution in [3.8, 4) is 11.5 Å². The highest BCUT2D eigenvalue weighted by atomic mass is 32.1. The molecule has 7 nitrogen and oxygen atoms in total. The molecule has 2 aromatic heterocycles. The molecule has 1 aromatic carbocycles. The Morgan fingerprint density at radius 3 is 2.91 bits per heavy atom. The zero-order valence-corrected chi connectivity index (χ0v) is 13.0. The van der Waals surface area contributed by atoms with E-state index in [0.29, 0.717) is 22.8 Å². The molecule has 3 heterocycles. The van der Waals surface area contributed by atoms with Crippen LogP contribution in [0.3, 0.4) is 0 Å². The summed E-state index contributed by atoms with van der Waals surface area (Å²) in [7, 11) is 0. The van der Waals surface area contributed by atoms with E-state index in [4.69, 9.17) is 9.47 Å². The van der Waals surface area contributed by atoms with Crippen molar-refractivity contribution in [2.24, 2.45) is 4.99 Å². The molecule has 1 amide bonds. The van der Waals surface area contributed by atoms with Gasteiger partial charge in [-0.1, -0.05) is 11.3 Å². The monoisotopic (exact) mass is 328 g/mol. The Bertz CT molecular complexity index is 962. The lowest BCUT2D eigenvalue weighted by Crippen LogP contribution is -2.16. The molecule has 0 saturated heterocycles. The number of ether oxygens (including phenoxy) is 2. The summed E-state index contributed by atoms with van der Waals surface area (Å²) < 4.78 is 13.8. The number of amides is 1. The minimum absolute atomic E-state index is 0.224. The van der Waals surface area contributed by atoms with E-state index in [1.807, 2.05) is 23.6 Å². The lowest BCUT2D eigenvalue weighted by molar-refractivity contribution is 0.0992. The normalized spacial score (nSPS) is 13.7. The summed E-state index contributed by atoms with van der Waals surface area (Å²) in [6, 6.07) is 3.84. The average molecular weight is 328 g/mol. The van der Waals surface area contributed by atoms with Crippen molar-refractivity contribution < 1.29 is 14.3 Å². The molecule has 8 heteroatoms. The molecule has 1 aliphatic rings. The zero-order chi connectivity index (χ0) is 15.8. The quantitative estimate of drug-likeness (QED) is 0.719. The zero-order valence-electron chi connectivity index (χ0n) is 12.2. The van der Waals surface area contributed by atoms with Gasteiger partial charge in [0.1, 0.15) is 5.69 Å². The van der Waals surface area contributed by atoms with Gasteiger partial charge in [-0.3, -0.25) is 9.78 Å². The average Bonchev–Trinajstić information content (AvgIpc) is 3.16. The molecule has 0 spiro atoms. The van der Waals surface area contributed by atoms with E-state index in [1.165, 1.54) is 29.9 Å². The topological polar surface area (TPSA) is 78.6 Å². The van der Waals surface area contributed by atoms with E-state index in [9.17, 15) is 4.79 Å². The Morgan fingerprint density at radius 2 is 2.17 bits per heavy atom. The molecule has 0 N–H and O–H groups in total. The van der Waals surface area contributed by atoms with Crippen molar-refractivity contribution in [1.82, 2.24) is 14.5 Å². The van der Waals surface area contributed by atoms with E-state index < -0.39 is 5.91 Å². The lowest BCUT2D eigenvalue weighted by atomic mass is 10.3. The second kappa shape index (κ2) is 5.47. The molecular weight excluding hydrogens is 316 g/mol. The van der Waals surface area contributed by atoms with E-state index in [0.717, 1.165) is 10.2 Å². The van der Waals surface area contributed by atoms with Crippen LogP contribution in [0.25, 0.3) is 10.2 Å². The summed E-state index contributed by atoms with van der Waals surface area (Å²) in [4.78, 5) is 24.9. The smallest absolute Gasteiger partial charge is 0.299 e. The summed E-state index contributed by atoms with van der Waals surface area (Å²) in [5, 5.41) is 0. The van der Waals surface area contributed by atoms with Gasteiger partial charge in [0.05, 0.1) is 16.4 Å². The maximum absolute atomic E-state index is 12.2. The van der Waals surface area contributed by atoms with E-state index >= 15 is 0 Å². The van der Waals surface area contributed by atoms with Gasteiger partial charge in [-0.15, -0.1) is 0 Å². The molecule has 1 aliphatic heterocycles. The van der Waals surface area contributed by atoms with Gasteiger partial charge in [-0.05, 0) is 6.92 Å². The highest BCUT2D eigenvalue weighted by molar-refractivity contribution is 7.16. The standard InChI is InChI=1S/C15H12N4O3S/c1-2-19-10-5-11-12(22-8-21-11)6-13(10)23-15(19)18-14(20)9-7-16-3-4-17-9/h3-7H,2,8H2,1H3. The fourth-order valence-electron chi connectivity index (χ4n) is 2.40. The van der Waals surface area contributed by atoms with Crippen molar-refractivity contribution in [1.29, 1.82) is 0 Å². The van der Waals surface area contributed by atoms with E-state index in [1.54, 1.807) is 0 Å². The number of hydrogen-bond donors (Lipinski definition) is 0. The van der Waals surface area contributed by atoms with Gasteiger partial charge in [0.15, 0.2) is 16.3 Å². The molecule has 0 atom stereocenters. The van der Waals surface area contributed by atoms with Gasteiger partial charge >= 0.3 is 0 Å². The number of aryl methyl sites for hydroxylation is 1. The van der Waals surface area contributed by atoms with Crippen LogP contribution in [0.4, 0.5) is 0 Å². The third-order valence-electron chi connectivity index (χ3n) is 3.47. The van der Waals surface area contributed by atoms with Crippen LogP contribution in [0.2, 0.25) is 0 Å². The van der Waals surface area contributed by atoms with Gasteiger partial charge in [0.25, 0.3) is 5.91 Å². The van der Waals surface area contributed by atoms with Crippen molar-refractivity contribution >= 4 is 27.5 Å². The van der Waals surface area contributed by atoms with Crippen LogP contribution in [0, 0.1) is 0 Å².